The predicted octanol–water partition coefficient (Wildman–Crippen LogP) is 3.36. The summed E-state index contributed by atoms with van der Waals surface area (Å²) in [5, 5.41) is 4.68. The van der Waals surface area contributed by atoms with E-state index in [0.717, 1.165) is 16.0 Å². The third kappa shape index (κ3) is 1.89. The highest BCUT2D eigenvalue weighted by atomic mass is 32.1. The zero-order valence-electron chi connectivity index (χ0n) is 9.75. The number of aryl methyl sites for hydroxylation is 1. The van der Waals surface area contributed by atoms with E-state index in [-0.39, 0.29) is 0 Å². The van der Waals surface area contributed by atoms with Gasteiger partial charge in [0.05, 0.1) is 10.6 Å². The van der Waals surface area contributed by atoms with E-state index in [2.05, 4.69) is 10.1 Å². The van der Waals surface area contributed by atoms with E-state index in [1.165, 1.54) is 11.3 Å². The van der Waals surface area contributed by atoms with E-state index in [1.54, 1.807) is 0 Å². The molecule has 0 fully saturated rings. The molecule has 2 aromatic heterocycles. The lowest BCUT2D eigenvalue weighted by Crippen LogP contribution is -1.84. The zero-order valence-corrected chi connectivity index (χ0v) is 10.6. The molecule has 3 rings (SSSR count). The van der Waals surface area contributed by atoms with Crippen molar-refractivity contribution < 1.29 is 4.52 Å². The standard InChI is InChI=1S/C13H11N3OS/c1-8-7-10(11(14)18-8)13-15-12(16-17-13)9-5-3-2-4-6-9/h2-7H,14H2,1H3. The van der Waals surface area contributed by atoms with Crippen LogP contribution in [0.2, 0.25) is 0 Å². The van der Waals surface area contributed by atoms with Gasteiger partial charge in [-0.25, -0.2) is 0 Å². The third-order valence-electron chi connectivity index (χ3n) is 2.57. The second-order valence-electron chi connectivity index (χ2n) is 3.92. The Morgan fingerprint density at radius 3 is 2.67 bits per heavy atom. The van der Waals surface area contributed by atoms with Crippen molar-refractivity contribution in [3.8, 4) is 22.8 Å². The van der Waals surface area contributed by atoms with Gasteiger partial charge in [-0.2, -0.15) is 4.98 Å². The molecule has 0 radical (unpaired) electrons. The molecule has 1 aromatic carbocycles. The molecule has 2 heterocycles. The molecule has 0 amide bonds. The number of aromatic nitrogens is 2. The fourth-order valence-corrected chi connectivity index (χ4v) is 2.52. The summed E-state index contributed by atoms with van der Waals surface area (Å²) in [5.74, 6) is 1.05. The van der Waals surface area contributed by atoms with Gasteiger partial charge in [-0.05, 0) is 13.0 Å². The largest absolute Gasteiger partial charge is 0.390 e. The molecule has 3 aromatic rings. The average Bonchev–Trinajstić information content (AvgIpc) is 2.97. The van der Waals surface area contributed by atoms with Gasteiger partial charge in [0.25, 0.3) is 5.89 Å². The van der Waals surface area contributed by atoms with Crippen molar-refractivity contribution >= 4 is 16.3 Å². The lowest BCUT2D eigenvalue weighted by atomic mass is 10.2. The summed E-state index contributed by atoms with van der Waals surface area (Å²) in [5.41, 5.74) is 7.65. The number of nitrogen functional groups attached to an aromatic ring is 1. The van der Waals surface area contributed by atoms with Crippen molar-refractivity contribution in [3.05, 3.63) is 41.3 Å². The first-order valence-electron chi connectivity index (χ1n) is 5.49. The number of nitrogens with two attached hydrogens (primary N) is 1. The van der Waals surface area contributed by atoms with Gasteiger partial charge in [0.2, 0.25) is 5.82 Å². The Kier molecular flexibility index (Phi) is 2.60. The highest BCUT2D eigenvalue weighted by molar-refractivity contribution is 7.16. The SMILES string of the molecule is Cc1cc(-c2nc(-c3ccccc3)no2)c(N)s1. The molecule has 2 N–H and O–H groups in total. The van der Waals surface area contributed by atoms with E-state index in [9.17, 15) is 0 Å². The average molecular weight is 257 g/mol. The first-order chi connectivity index (χ1) is 8.74. The Morgan fingerprint density at radius 1 is 1.22 bits per heavy atom. The molecule has 90 valence electrons. The van der Waals surface area contributed by atoms with Crippen LogP contribution in [0.1, 0.15) is 4.88 Å². The van der Waals surface area contributed by atoms with Crippen LogP contribution in [0.4, 0.5) is 5.00 Å². The van der Waals surface area contributed by atoms with Gasteiger partial charge in [-0.15, -0.1) is 11.3 Å². The van der Waals surface area contributed by atoms with Crippen LogP contribution >= 0.6 is 11.3 Å². The van der Waals surface area contributed by atoms with Gasteiger partial charge in [0.15, 0.2) is 0 Å². The Balaban J connectivity index is 2.02. The third-order valence-corrected chi connectivity index (χ3v) is 3.45. The fourth-order valence-electron chi connectivity index (χ4n) is 1.74. The maximum Gasteiger partial charge on any atom is 0.261 e. The van der Waals surface area contributed by atoms with E-state index in [4.69, 9.17) is 10.3 Å². The number of thiophene rings is 1. The molecule has 0 atom stereocenters. The number of hydrogen-bond donors (Lipinski definition) is 1. The molecule has 0 bridgehead atoms. The maximum atomic E-state index is 5.91. The second-order valence-corrected chi connectivity index (χ2v) is 5.21. The second kappa shape index (κ2) is 4.27. The molecule has 18 heavy (non-hydrogen) atoms. The lowest BCUT2D eigenvalue weighted by Gasteiger charge is -1.91. The number of rotatable bonds is 2. The lowest BCUT2D eigenvalue weighted by molar-refractivity contribution is 0.432. The normalized spacial score (nSPS) is 10.7. The predicted molar refractivity (Wildman–Crippen MR) is 72.2 cm³/mol. The van der Waals surface area contributed by atoms with Gasteiger partial charge >= 0.3 is 0 Å². The van der Waals surface area contributed by atoms with Crippen LogP contribution in [0.25, 0.3) is 22.8 Å². The Labute approximate surface area is 108 Å². The number of nitrogens with zero attached hydrogens (tertiary/aromatic N) is 2. The van der Waals surface area contributed by atoms with E-state index >= 15 is 0 Å². The van der Waals surface area contributed by atoms with Gasteiger partial charge < -0.3 is 10.3 Å². The van der Waals surface area contributed by atoms with E-state index < -0.39 is 0 Å². The van der Waals surface area contributed by atoms with Crippen LogP contribution in [-0.2, 0) is 0 Å². The van der Waals surface area contributed by atoms with Crippen molar-refractivity contribution in [3.63, 3.8) is 0 Å². The summed E-state index contributed by atoms with van der Waals surface area (Å²) in [6.45, 7) is 2.00. The highest BCUT2D eigenvalue weighted by Gasteiger charge is 2.14. The van der Waals surface area contributed by atoms with Crippen LogP contribution in [-0.4, -0.2) is 10.1 Å². The number of anilines is 1. The topological polar surface area (TPSA) is 64.9 Å². The van der Waals surface area contributed by atoms with Crippen LogP contribution in [0.5, 0.6) is 0 Å². The molecular weight excluding hydrogens is 246 g/mol. The highest BCUT2D eigenvalue weighted by Crippen LogP contribution is 2.33. The van der Waals surface area contributed by atoms with Crippen molar-refractivity contribution in [2.24, 2.45) is 0 Å². The maximum absolute atomic E-state index is 5.91. The minimum absolute atomic E-state index is 0.468. The Bertz CT molecular complexity index is 673. The molecule has 0 saturated heterocycles. The van der Waals surface area contributed by atoms with Gasteiger partial charge in [-0.1, -0.05) is 35.5 Å². The first kappa shape index (κ1) is 11.0. The van der Waals surface area contributed by atoms with Crippen LogP contribution in [0.15, 0.2) is 40.9 Å². The van der Waals surface area contributed by atoms with Crippen molar-refractivity contribution in [1.29, 1.82) is 0 Å². The van der Waals surface area contributed by atoms with Gasteiger partial charge in [0, 0.05) is 10.4 Å². The summed E-state index contributed by atoms with van der Waals surface area (Å²) in [7, 11) is 0. The minimum atomic E-state index is 0.468. The molecule has 0 saturated carbocycles. The molecule has 0 aliphatic rings. The molecule has 0 aliphatic carbocycles. The molecular formula is C13H11N3OS. The Morgan fingerprint density at radius 2 is 2.00 bits per heavy atom. The Hall–Kier alpha value is -2.14. The van der Waals surface area contributed by atoms with E-state index in [1.807, 2.05) is 43.3 Å². The minimum Gasteiger partial charge on any atom is -0.390 e. The van der Waals surface area contributed by atoms with Gasteiger partial charge in [-0.3, -0.25) is 0 Å². The number of benzene rings is 1. The summed E-state index contributed by atoms with van der Waals surface area (Å²) in [6.07, 6.45) is 0. The smallest absolute Gasteiger partial charge is 0.261 e. The molecule has 0 unspecified atom stereocenters. The summed E-state index contributed by atoms with van der Waals surface area (Å²) in [6, 6.07) is 11.7. The van der Waals surface area contributed by atoms with Gasteiger partial charge in [0.1, 0.15) is 0 Å². The zero-order chi connectivity index (χ0) is 12.5. The molecule has 4 nitrogen and oxygen atoms in total. The molecule has 0 aliphatic heterocycles. The van der Waals surface area contributed by atoms with E-state index in [0.29, 0.717) is 16.7 Å². The number of hydrogen-bond acceptors (Lipinski definition) is 5. The molecule has 5 heteroatoms. The van der Waals surface area contributed by atoms with Crippen LogP contribution in [0.3, 0.4) is 0 Å². The summed E-state index contributed by atoms with van der Waals surface area (Å²) >= 11 is 1.52. The quantitative estimate of drug-likeness (QED) is 0.764. The van der Waals surface area contributed by atoms with Crippen molar-refractivity contribution in [2.75, 3.05) is 5.73 Å². The van der Waals surface area contributed by atoms with Crippen LogP contribution < -0.4 is 5.73 Å². The molecule has 0 spiro atoms. The van der Waals surface area contributed by atoms with Crippen molar-refractivity contribution in [2.45, 2.75) is 6.92 Å². The first-order valence-corrected chi connectivity index (χ1v) is 6.31. The summed E-state index contributed by atoms with van der Waals surface area (Å²) in [4.78, 5) is 5.50. The van der Waals surface area contributed by atoms with Crippen molar-refractivity contribution in [1.82, 2.24) is 10.1 Å². The monoisotopic (exact) mass is 257 g/mol. The van der Waals surface area contributed by atoms with Crippen LogP contribution in [0, 0.1) is 6.92 Å². The summed E-state index contributed by atoms with van der Waals surface area (Å²) < 4.78 is 5.26. The fraction of sp³-hybridized carbons (Fsp3) is 0.0769.